The van der Waals surface area contributed by atoms with Crippen molar-refractivity contribution >= 4 is 15.7 Å². The molecular formula is C14H21FN2O2S. The first-order chi connectivity index (χ1) is 9.28. The number of nitrogen functional groups attached to an aromatic ring is 1. The number of hydrogen-bond donors (Lipinski definition) is 1. The molecule has 1 aliphatic rings. The SMILES string of the molecule is CCC1CCC(C)N1S(=O)(=O)c1cc(N)cc(F)c1C. The zero-order valence-electron chi connectivity index (χ0n) is 12.1. The average Bonchev–Trinajstić information content (AvgIpc) is 2.75. The van der Waals surface area contributed by atoms with E-state index in [1.54, 1.807) is 0 Å². The lowest BCUT2D eigenvalue weighted by Crippen LogP contribution is -2.40. The fraction of sp³-hybridized carbons (Fsp3) is 0.571. The largest absolute Gasteiger partial charge is 0.399 e. The molecule has 4 nitrogen and oxygen atoms in total. The minimum absolute atomic E-state index is 0.0119. The Morgan fingerprint density at radius 2 is 2.05 bits per heavy atom. The molecular weight excluding hydrogens is 279 g/mol. The second kappa shape index (κ2) is 5.33. The summed E-state index contributed by atoms with van der Waals surface area (Å²) in [5.41, 5.74) is 5.87. The second-order valence-corrected chi connectivity index (χ2v) is 7.26. The molecule has 0 aromatic heterocycles. The van der Waals surface area contributed by atoms with E-state index in [0.717, 1.165) is 25.3 Å². The van der Waals surface area contributed by atoms with Crippen LogP contribution in [0, 0.1) is 12.7 Å². The molecule has 2 N–H and O–H groups in total. The zero-order chi connectivity index (χ0) is 15.1. The standard InChI is InChI=1S/C14H21FN2O2S/c1-4-12-6-5-9(2)17(12)20(18,19)14-8-11(16)7-13(15)10(14)3/h7-9,12H,4-6,16H2,1-3H3. The van der Waals surface area contributed by atoms with Crippen LogP contribution >= 0.6 is 0 Å². The molecule has 0 bridgehead atoms. The summed E-state index contributed by atoms with van der Waals surface area (Å²) >= 11 is 0. The molecule has 2 atom stereocenters. The number of sulfonamides is 1. The number of rotatable bonds is 3. The minimum atomic E-state index is -3.71. The van der Waals surface area contributed by atoms with Gasteiger partial charge in [0.1, 0.15) is 5.82 Å². The normalized spacial score (nSPS) is 24.2. The van der Waals surface area contributed by atoms with Crippen LogP contribution in [0.3, 0.4) is 0 Å². The van der Waals surface area contributed by atoms with E-state index in [2.05, 4.69) is 0 Å². The van der Waals surface area contributed by atoms with Crippen LogP contribution < -0.4 is 5.73 Å². The van der Waals surface area contributed by atoms with Gasteiger partial charge in [0.05, 0.1) is 4.90 Å². The molecule has 6 heteroatoms. The van der Waals surface area contributed by atoms with Crippen molar-refractivity contribution in [2.24, 2.45) is 0 Å². The molecule has 1 aromatic rings. The van der Waals surface area contributed by atoms with Crippen LogP contribution in [0.25, 0.3) is 0 Å². The molecule has 2 rings (SSSR count). The summed E-state index contributed by atoms with van der Waals surface area (Å²) in [5.74, 6) is -0.580. The highest BCUT2D eigenvalue weighted by Crippen LogP contribution is 2.34. The van der Waals surface area contributed by atoms with Crippen LogP contribution in [0.1, 0.15) is 38.7 Å². The number of benzene rings is 1. The Morgan fingerprint density at radius 3 is 2.65 bits per heavy atom. The molecule has 20 heavy (non-hydrogen) atoms. The number of nitrogens with zero attached hydrogens (tertiary/aromatic N) is 1. The van der Waals surface area contributed by atoms with Gasteiger partial charge in [-0.3, -0.25) is 0 Å². The van der Waals surface area contributed by atoms with Crippen molar-refractivity contribution < 1.29 is 12.8 Å². The molecule has 0 spiro atoms. The fourth-order valence-electron chi connectivity index (χ4n) is 2.92. The summed E-state index contributed by atoms with van der Waals surface area (Å²) in [6.07, 6.45) is 2.44. The number of nitrogens with two attached hydrogens (primary N) is 1. The van der Waals surface area contributed by atoms with Gasteiger partial charge >= 0.3 is 0 Å². The van der Waals surface area contributed by atoms with E-state index >= 15 is 0 Å². The number of anilines is 1. The maximum absolute atomic E-state index is 13.8. The predicted molar refractivity (Wildman–Crippen MR) is 77.3 cm³/mol. The lowest BCUT2D eigenvalue weighted by molar-refractivity contribution is 0.328. The van der Waals surface area contributed by atoms with Crippen LogP contribution in [0.5, 0.6) is 0 Å². The van der Waals surface area contributed by atoms with Gasteiger partial charge in [-0.05, 0) is 45.2 Å². The third kappa shape index (κ3) is 2.42. The molecule has 1 saturated heterocycles. The molecule has 0 aliphatic carbocycles. The molecule has 1 aromatic carbocycles. The molecule has 1 fully saturated rings. The van der Waals surface area contributed by atoms with Crippen molar-refractivity contribution in [3.05, 3.63) is 23.5 Å². The first kappa shape index (κ1) is 15.3. The third-order valence-electron chi connectivity index (χ3n) is 4.06. The van der Waals surface area contributed by atoms with E-state index in [0.29, 0.717) is 0 Å². The van der Waals surface area contributed by atoms with Gasteiger partial charge in [0.15, 0.2) is 0 Å². The predicted octanol–water partition coefficient (Wildman–Crippen LogP) is 2.67. The Bertz CT molecular complexity index is 616. The molecule has 1 aliphatic heterocycles. The Kier molecular flexibility index (Phi) is 4.07. The minimum Gasteiger partial charge on any atom is -0.399 e. The van der Waals surface area contributed by atoms with Crippen molar-refractivity contribution in [3.63, 3.8) is 0 Å². The topological polar surface area (TPSA) is 63.4 Å². The highest BCUT2D eigenvalue weighted by atomic mass is 32.2. The second-order valence-electron chi connectivity index (χ2n) is 5.45. The van der Waals surface area contributed by atoms with Crippen molar-refractivity contribution in [2.45, 2.75) is 57.0 Å². The molecule has 0 radical (unpaired) electrons. The van der Waals surface area contributed by atoms with Crippen LogP contribution in [0.2, 0.25) is 0 Å². The van der Waals surface area contributed by atoms with Gasteiger partial charge in [0.25, 0.3) is 0 Å². The molecule has 1 heterocycles. The van der Waals surface area contributed by atoms with E-state index in [-0.39, 0.29) is 28.2 Å². The Labute approximate surface area is 119 Å². The van der Waals surface area contributed by atoms with Gasteiger partial charge in [-0.1, -0.05) is 6.92 Å². The van der Waals surface area contributed by atoms with E-state index in [4.69, 9.17) is 5.73 Å². The summed E-state index contributed by atoms with van der Waals surface area (Å²) in [6.45, 7) is 5.34. The maximum Gasteiger partial charge on any atom is 0.244 e. The highest BCUT2D eigenvalue weighted by molar-refractivity contribution is 7.89. The van der Waals surface area contributed by atoms with Gasteiger partial charge in [-0.15, -0.1) is 0 Å². The smallest absolute Gasteiger partial charge is 0.244 e. The van der Waals surface area contributed by atoms with Crippen LogP contribution in [-0.4, -0.2) is 24.8 Å². The van der Waals surface area contributed by atoms with Crippen molar-refractivity contribution in [1.82, 2.24) is 4.31 Å². The average molecular weight is 300 g/mol. The maximum atomic E-state index is 13.8. The van der Waals surface area contributed by atoms with E-state index in [1.165, 1.54) is 17.3 Å². The lowest BCUT2D eigenvalue weighted by Gasteiger charge is -2.27. The van der Waals surface area contributed by atoms with Crippen molar-refractivity contribution in [3.8, 4) is 0 Å². The fourth-order valence-corrected chi connectivity index (χ4v) is 5.14. The van der Waals surface area contributed by atoms with Gasteiger partial charge in [-0.25, -0.2) is 12.8 Å². The van der Waals surface area contributed by atoms with E-state index in [9.17, 15) is 12.8 Å². The van der Waals surface area contributed by atoms with Crippen molar-refractivity contribution in [2.75, 3.05) is 5.73 Å². The molecule has 2 unspecified atom stereocenters. The quantitative estimate of drug-likeness (QED) is 0.873. The Balaban J connectivity index is 2.55. The number of halogens is 1. The van der Waals surface area contributed by atoms with Crippen LogP contribution in [-0.2, 0) is 10.0 Å². The summed E-state index contributed by atoms with van der Waals surface area (Å²) in [6, 6.07) is 2.43. The Hall–Kier alpha value is -1.14. The summed E-state index contributed by atoms with van der Waals surface area (Å²) < 4.78 is 41.0. The first-order valence-electron chi connectivity index (χ1n) is 6.88. The summed E-state index contributed by atoms with van der Waals surface area (Å²) in [5, 5.41) is 0. The van der Waals surface area contributed by atoms with Crippen LogP contribution in [0.15, 0.2) is 17.0 Å². The van der Waals surface area contributed by atoms with Gasteiger partial charge < -0.3 is 5.73 Å². The lowest BCUT2D eigenvalue weighted by atomic mass is 10.2. The van der Waals surface area contributed by atoms with Crippen molar-refractivity contribution in [1.29, 1.82) is 0 Å². The first-order valence-corrected chi connectivity index (χ1v) is 8.32. The summed E-state index contributed by atoms with van der Waals surface area (Å²) in [4.78, 5) is -0.0119. The van der Waals surface area contributed by atoms with Gasteiger partial charge in [-0.2, -0.15) is 4.31 Å². The third-order valence-corrected chi connectivity index (χ3v) is 6.25. The monoisotopic (exact) mass is 300 g/mol. The van der Waals surface area contributed by atoms with Crippen LogP contribution in [0.4, 0.5) is 10.1 Å². The van der Waals surface area contributed by atoms with Gasteiger partial charge in [0.2, 0.25) is 10.0 Å². The zero-order valence-corrected chi connectivity index (χ0v) is 12.9. The van der Waals surface area contributed by atoms with E-state index in [1.807, 2.05) is 13.8 Å². The Morgan fingerprint density at radius 1 is 1.40 bits per heavy atom. The van der Waals surface area contributed by atoms with E-state index < -0.39 is 15.8 Å². The molecule has 0 amide bonds. The summed E-state index contributed by atoms with van der Waals surface area (Å²) in [7, 11) is -3.71. The number of hydrogen-bond acceptors (Lipinski definition) is 3. The van der Waals surface area contributed by atoms with Gasteiger partial charge in [0, 0.05) is 23.3 Å². The highest BCUT2D eigenvalue weighted by Gasteiger charge is 2.40. The molecule has 112 valence electrons. The molecule has 0 saturated carbocycles.